The van der Waals surface area contributed by atoms with Gasteiger partial charge in [0.05, 0.1) is 19.1 Å². The zero-order valence-electron chi connectivity index (χ0n) is 12.7. The molecule has 2 rings (SSSR count). The standard InChI is InChI=1S/C14H21N3O6/c18-11(17-6-2-4-10(17)14(22)23)7-15-13(21)9-3-1-5-16(9)8-12(19)20/h9-10H,1-8H2,(H,15,21)(H,19,20)(H,22,23)/t9-,10-/m0/s1. The Morgan fingerprint density at radius 2 is 1.65 bits per heavy atom. The van der Waals surface area contributed by atoms with Gasteiger partial charge in [-0.1, -0.05) is 0 Å². The Bertz CT molecular complexity index is 509. The maximum atomic E-state index is 12.1. The lowest BCUT2D eigenvalue weighted by Gasteiger charge is -2.24. The summed E-state index contributed by atoms with van der Waals surface area (Å²) in [6, 6.07) is -1.37. The molecule has 3 N–H and O–H groups in total. The predicted molar refractivity (Wildman–Crippen MR) is 77.6 cm³/mol. The van der Waals surface area contributed by atoms with Crippen LogP contribution in [-0.4, -0.2) is 82.0 Å². The van der Waals surface area contributed by atoms with Crippen molar-refractivity contribution in [3.63, 3.8) is 0 Å². The molecule has 0 spiro atoms. The monoisotopic (exact) mass is 327 g/mol. The van der Waals surface area contributed by atoms with Gasteiger partial charge in [0.2, 0.25) is 11.8 Å². The lowest BCUT2D eigenvalue weighted by Crippen LogP contribution is -2.49. The first-order valence-electron chi connectivity index (χ1n) is 7.66. The molecular weight excluding hydrogens is 306 g/mol. The molecule has 128 valence electrons. The minimum Gasteiger partial charge on any atom is -0.480 e. The van der Waals surface area contributed by atoms with Crippen molar-refractivity contribution in [1.29, 1.82) is 0 Å². The molecule has 2 amide bonds. The smallest absolute Gasteiger partial charge is 0.326 e. The van der Waals surface area contributed by atoms with Crippen LogP contribution in [0.3, 0.4) is 0 Å². The fourth-order valence-electron chi connectivity index (χ4n) is 3.19. The van der Waals surface area contributed by atoms with E-state index < -0.39 is 29.9 Å². The highest BCUT2D eigenvalue weighted by Crippen LogP contribution is 2.18. The topological polar surface area (TPSA) is 127 Å². The van der Waals surface area contributed by atoms with Crippen molar-refractivity contribution in [3.05, 3.63) is 0 Å². The van der Waals surface area contributed by atoms with Crippen molar-refractivity contribution >= 4 is 23.8 Å². The number of likely N-dealkylation sites (tertiary alicyclic amines) is 2. The fraction of sp³-hybridized carbons (Fsp3) is 0.714. The maximum Gasteiger partial charge on any atom is 0.326 e. The van der Waals surface area contributed by atoms with Crippen LogP contribution in [0.2, 0.25) is 0 Å². The maximum absolute atomic E-state index is 12.1. The number of hydrogen-bond donors (Lipinski definition) is 3. The third-order valence-electron chi connectivity index (χ3n) is 4.28. The number of carboxylic acids is 2. The first-order valence-corrected chi connectivity index (χ1v) is 7.66. The third kappa shape index (κ3) is 4.19. The first kappa shape index (κ1) is 17.2. The summed E-state index contributed by atoms with van der Waals surface area (Å²) in [5.41, 5.74) is 0. The van der Waals surface area contributed by atoms with Gasteiger partial charge >= 0.3 is 11.9 Å². The van der Waals surface area contributed by atoms with Crippen molar-refractivity contribution in [1.82, 2.24) is 15.1 Å². The Labute approximate surface area is 133 Å². The zero-order valence-corrected chi connectivity index (χ0v) is 12.7. The normalized spacial score (nSPS) is 24.6. The number of carbonyl (C=O) groups excluding carboxylic acids is 2. The molecule has 0 aromatic heterocycles. The Hall–Kier alpha value is -2.16. The van der Waals surface area contributed by atoms with Crippen LogP contribution in [0, 0.1) is 0 Å². The highest BCUT2D eigenvalue weighted by atomic mass is 16.4. The summed E-state index contributed by atoms with van der Waals surface area (Å²) in [4.78, 5) is 48.9. The molecule has 9 heteroatoms. The van der Waals surface area contributed by atoms with Crippen molar-refractivity contribution in [3.8, 4) is 0 Å². The summed E-state index contributed by atoms with van der Waals surface area (Å²) < 4.78 is 0. The molecule has 9 nitrogen and oxygen atoms in total. The number of nitrogens with one attached hydrogen (secondary N) is 1. The van der Waals surface area contributed by atoms with E-state index in [1.165, 1.54) is 4.90 Å². The van der Waals surface area contributed by atoms with Crippen LogP contribution in [0.4, 0.5) is 0 Å². The van der Waals surface area contributed by atoms with Crippen molar-refractivity contribution in [2.24, 2.45) is 0 Å². The number of rotatable bonds is 6. The molecule has 2 aliphatic heterocycles. The second-order valence-corrected chi connectivity index (χ2v) is 5.82. The number of hydrogen-bond acceptors (Lipinski definition) is 5. The van der Waals surface area contributed by atoms with Gasteiger partial charge in [0.15, 0.2) is 0 Å². The van der Waals surface area contributed by atoms with E-state index in [2.05, 4.69) is 5.32 Å². The van der Waals surface area contributed by atoms with E-state index in [9.17, 15) is 19.2 Å². The molecule has 0 radical (unpaired) electrons. The Kier molecular flexibility index (Phi) is 5.54. The van der Waals surface area contributed by atoms with Crippen LogP contribution in [0.15, 0.2) is 0 Å². The molecule has 0 aromatic rings. The highest BCUT2D eigenvalue weighted by molar-refractivity contribution is 5.90. The Balaban J connectivity index is 1.85. The highest BCUT2D eigenvalue weighted by Gasteiger charge is 2.35. The second kappa shape index (κ2) is 7.40. The van der Waals surface area contributed by atoms with E-state index in [1.807, 2.05) is 0 Å². The molecule has 2 fully saturated rings. The molecule has 2 atom stereocenters. The number of nitrogens with zero attached hydrogens (tertiary/aromatic N) is 2. The molecule has 23 heavy (non-hydrogen) atoms. The quantitative estimate of drug-likeness (QED) is 0.555. The van der Waals surface area contributed by atoms with Crippen molar-refractivity contribution < 1.29 is 29.4 Å². The predicted octanol–water partition coefficient (Wildman–Crippen LogP) is -1.27. The van der Waals surface area contributed by atoms with E-state index >= 15 is 0 Å². The first-order chi connectivity index (χ1) is 10.9. The second-order valence-electron chi connectivity index (χ2n) is 5.82. The molecule has 0 bridgehead atoms. The zero-order chi connectivity index (χ0) is 17.0. The van der Waals surface area contributed by atoms with Gasteiger partial charge in [0, 0.05) is 6.54 Å². The summed E-state index contributed by atoms with van der Waals surface area (Å²) >= 11 is 0. The molecule has 2 aliphatic rings. The van der Waals surface area contributed by atoms with Gasteiger partial charge in [-0.05, 0) is 32.2 Å². The Morgan fingerprint density at radius 1 is 1.00 bits per heavy atom. The van der Waals surface area contributed by atoms with Gasteiger partial charge < -0.3 is 20.4 Å². The summed E-state index contributed by atoms with van der Waals surface area (Å²) in [5.74, 6) is -2.85. The van der Waals surface area contributed by atoms with Crippen molar-refractivity contribution in [2.75, 3.05) is 26.2 Å². The van der Waals surface area contributed by atoms with Gasteiger partial charge in [-0.25, -0.2) is 4.79 Å². The van der Waals surface area contributed by atoms with Crippen LogP contribution >= 0.6 is 0 Å². The minimum absolute atomic E-state index is 0.209. The van der Waals surface area contributed by atoms with Gasteiger partial charge in [-0.3, -0.25) is 19.3 Å². The molecule has 2 saturated heterocycles. The van der Waals surface area contributed by atoms with E-state index in [1.54, 1.807) is 4.90 Å². The minimum atomic E-state index is -1.04. The van der Waals surface area contributed by atoms with Crippen LogP contribution < -0.4 is 5.32 Å². The number of carbonyl (C=O) groups is 4. The average molecular weight is 327 g/mol. The summed E-state index contributed by atoms with van der Waals surface area (Å²) in [6.45, 7) is 0.436. The third-order valence-corrected chi connectivity index (χ3v) is 4.28. The van der Waals surface area contributed by atoms with Gasteiger partial charge in [-0.15, -0.1) is 0 Å². The number of amides is 2. The molecule has 0 aliphatic carbocycles. The summed E-state index contributed by atoms with van der Waals surface area (Å²) in [5, 5.41) is 20.4. The SMILES string of the molecule is O=C(O)CN1CCC[C@H]1C(=O)NCC(=O)N1CCC[C@H]1C(=O)O. The van der Waals surface area contributed by atoms with Gasteiger partial charge in [0.1, 0.15) is 6.04 Å². The fourth-order valence-corrected chi connectivity index (χ4v) is 3.19. The van der Waals surface area contributed by atoms with Crippen LogP contribution in [0.5, 0.6) is 0 Å². The van der Waals surface area contributed by atoms with Crippen molar-refractivity contribution in [2.45, 2.75) is 37.8 Å². The van der Waals surface area contributed by atoms with Crippen LogP contribution in [0.1, 0.15) is 25.7 Å². The lowest BCUT2D eigenvalue weighted by atomic mass is 10.2. The molecule has 0 unspecified atom stereocenters. The molecular formula is C14H21N3O6. The number of aliphatic carboxylic acids is 2. The largest absolute Gasteiger partial charge is 0.480 e. The van der Waals surface area contributed by atoms with E-state index in [0.29, 0.717) is 32.4 Å². The summed E-state index contributed by atoms with van der Waals surface area (Å²) in [7, 11) is 0. The molecule has 0 saturated carbocycles. The Morgan fingerprint density at radius 3 is 2.30 bits per heavy atom. The van der Waals surface area contributed by atoms with Gasteiger partial charge in [-0.2, -0.15) is 0 Å². The van der Waals surface area contributed by atoms with Crippen LogP contribution in [0.25, 0.3) is 0 Å². The van der Waals surface area contributed by atoms with Gasteiger partial charge in [0.25, 0.3) is 0 Å². The molecule has 0 aromatic carbocycles. The average Bonchev–Trinajstić information content (AvgIpc) is 3.12. The van der Waals surface area contributed by atoms with E-state index in [4.69, 9.17) is 10.2 Å². The van der Waals surface area contributed by atoms with Crippen LogP contribution in [-0.2, 0) is 19.2 Å². The number of carboxylic acid groups (broad SMARTS) is 2. The molecule has 2 heterocycles. The van der Waals surface area contributed by atoms with E-state index in [0.717, 1.165) is 6.42 Å². The van der Waals surface area contributed by atoms with E-state index in [-0.39, 0.29) is 19.0 Å². The summed E-state index contributed by atoms with van der Waals surface area (Å²) in [6.07, 6.45) is 2.33. The lowest BCUT2D eigenvalue weighted by molar-refractivity contribution is -0.148.